The standard InChI is InChI=1S/C15H19N3S/c16-9-15-17-14(11-19-15)10-18-7-5-12-3-1-2-4-13(12)6-8-18/h1-4,11H,5-10,16H2. The fourth-order valence-corrected chi connectivity index (χ4v) is 3.28. The van der Waals surface area contributed by atoms with Crippen LogP contribution in [0.3, 0.4) is 0 Å². The second-order valence-electron chi connectivity index (χ2n) is 4.98. The summed E-state index contributed by atoms with van der Waals surface area (Å²) >= 11 is 1.67. The highest BCUT2D eigenvalue weighted by atomic mass is 32.1. The molecular formula is C15H19N3S. The number of hydrogen-bond acceptors (Lipinski definition) is 4. The van der Waals surface area contributed by atoms with Crippen LogP contribution in [0.5, 0.6) is 0 Å². The van der Waals surface area contributed by atoms with Crippen molar-refractivity contribution < 1.29 is 0 Å². The lowest BCUT2D eigenvalue weighted by Crippen LogP contribution is -2.26. The lowest BCUT2D eigenvalue weighted by molar-refractivity contribution is 0.276. The first-order valence-corrected chi connectivity index (χ1v) is 7.65. The van der Waals surface area contributed by atoms with Gasteiger partial charge in [0, 0.05) is 31.6 Å². The van der Waals surface area contributed by atoms with E-state index in [1.807, 2.05) is 0 Å². The Hall–Kier alpha value is -1.23. The van der Waals surface area contributed by atoms with Gasteiger partial charge >= 0.3 is 0 Å². The second-order valence-corrected chi connectivity index (χ2v) is 5.92. The molecule has 2 aromatic rings. The molecule has 4 heteroatoms. The van der Waals surface area contributed by atoms with Crippen molar-refractivity contribution in [3.8, 4) is 0 Å². The van der Waals surface area contributed by atoms with Crippen LogP contribution < -0.4 is 5.73 Å². The summed E-state index contributed by atoms with van der Waals surface area (Å²) in [6, 6.07) is 8.80. The Morgan fingerprint density at radius 1 is 1.16 bits per heavy atom. The number of thiazole rings is 1. The molecule has 0 atom stereocenters. The Labute approximate surface area is 118 Å². The average molecular weight is 273 g/mol. The van der Waals surface area contributed by atoms with Gasteiger partial charge < -0.3 is 5.73 Å². The molecule has 0 amide bonds. The number of fused-ring (bicyclic) bond motifs is 1. The molecule has 0 saturated carbocycles. The first kappa shape index (κ1) is 12.8. The minimum absolute atomic E-state index is 0.552. The zero-order chi connectivity index (χ0) is 13.1. The van der Waals surface area contributed by atoms with E-state index in [9.17, 15) is 0 Å². The Morgan fingerprint density at radius 2 is 1.84 bits per heavy atom. The molecule has 1 aliphatic heterocycles. The van der Waals surface area contributed by atoms with Crippen molar-refractivity contribution >= 4 is 11.3 Å². The van der Waals surface area contributed by atoms with Crippen molar-refractivity contribution in [3.05, 3.63) is 51.5 Å². The number of nitrogens with zero attached hydrogens (tertiary/aromatic N) is 2. The fourth-order valence-electron chi connectivity index (χ4n) is 2.62. The summed E-state index contributed by atoms with van der Waals surface area (Å²) in [6.07, 6.45) is 2.29. The van der Waals surface area contributed by atoms with Gasteiger partial charge in [0.15, 0.2) is 0 Å². The maximum Gasteiger partial charge on any atom is 0.106 e. The zero-order valence-corrected chi connectivity index (χ0v) is 11.8. The molecule has 0 spiro atoms. The van der Waals surface area contributed by atoms with Crippen molar-refractivity contribution in [1.82, 2.24) is 9.88 Å². The number of rotatable bonds is 3. The molecule has 1 aromatic heterocycles. The molecule has 0 saturated heterocycles. The van der Waals surface area contributed by atoms with Crippen molar-refractivity contribution in [2.24, 2.45) is 5.73 Å². The lowest BCUT2D eigenvalue weighted by atomic mass is 10.0. The maximum atomic E-state index is 5.61. The second kappa shape index (κ2) is 5.82. The first-order valence-electron chi connectivity index (χ1n) is 6.77. The summed E-state index contributed by atoms with van der Waals surface area (Å²) in [5.41, 5.74) is 9.79. The van der Waals surface area contributed by atoms with Gasteiger partial charge in [0.1, 0.15) is 5.01 Å². The predicted octanol–water partition coefficient (Wildman–Crippen LogP) is 2.20. The highest BCUT2D eigenvalue weighted by Crippen LogP contribution is 2.18. The molecule has 1 aliphatic rings. The minimum Gasteiger partial charge on any atom is -0.325 e. The summed E-state index contributed by atoms with van der Waals surface area (Å²) in [7, 11) is 0. The van der Waals surface area contributed by atoms with Gasteiger partial charge in [0.25, 0.3) is 0 Å². The molecule has 2 heterocycles. The smallest absolute Gasteiger partial charge is 0.106 e. The molecule has 0 radical (unpaired) electrons. The number of aromatic nitrogens is 1. The zero-order valence-electron chi connectivity index (χ0n) is 11.0. The van der Waals surface area contributed by atoms with Gasteiger partial charge in [-0.15, -0.1) is 11.3 Å². The topological polar surface area (TPSA) is 42.1 Å². The Bertz CT molecular complexity index is 523. The summed E-state index contributed by atoms with van der Waals surface area (Å²) in [5.74, 6) is 0. The van der Waals surface area contributed by atoms with Gasteiger partial charge in [-0.1, -0.05) is 24.3 Å². The highest BCUT2D eigenvalue weighted by molar-refractivity contribution is 7.09. The van der Waals surface area contributed by atoms with Crippen LogP contribution in [0.1, 0.15) is 21.8 Å². The maximum absolute atomic E-state index is 5.61. The lowest BCUT2D eigenvalue weighted by Gasteiger charge is -2.18. The van der Waals surface area contributed by atoms with Crippen LogP contribution in [0.15, 0.2) is 29.6 Å². The fraction of sp³-hybridized carbons (Fsp3) is 0.400. The normalized spacial score (nSPS) is 16.1. The summed E-state index contributed by atoms with van der Waals surface area (Å²) < 4.78 is 0. The molecule has 19 heavy (non-hydrogen) atoms. The predicted molar refractivity (Wildman–Crippen MR) is 79.1 cm³/mol. The number of nitrogens with two attached hydrogens (primary N) is 1. The molecule has 2 N–H and O–H groups in total. The van der Waals surface area contributed by atoms with Crippen molar-refractivity contribution in [2.75, 3.05) is 13.1 Å². The number of hydrogen-bond donors (Lipinski definition) is 1. The van der Waals surface area contributed by atoms with Crippen LogP contribution in [-0.4, -0.2) is 23.0 Å². The van der Waals surface area contributed by atoms with Gasteiger partial charge in [-0.3, -0.25) is 4.90 Å². The van der Waals surface area contributed by atoms with Crippen molar-refractivity contribution in [1.29, 1.82) is 0 Å². The van der Waals surface area contributed by atoms with Gasteiger partial charge in [-0.05, 0) is 24.0 Å². The Balaban J connectivity index is 1.65. The molecule has 3 nitrogen and oxygen atoms in total. The van der Waals surface area contributed by atoms with Crippen LogP contribution in [0.25, 0.3) is 0 Å². The van der Waals surface area contributed by atoms with Gasteiger partial charge in [-0.25, -0.2) is 4.98 Å². The molecule has 3 rings (SSSR count). The van der Waals surface area contributed by atoms with E-state index >= 15 is 0 Å². The van der Waals surface area contributed by atoms with E-state index in [-0.39, 0.29) is 0 Å². The third-order valence-corrected chi connectivity index (χ3v) is 4.59. The van der Waals surface area contributed by atoms with Crippen LogP contribution >= 0.6 is 11.3 Å². The third-order valence-electron chi connectivity index (χ3n) is 3.67. The van der Waals surface area contributed by atoms with E-state index in [0.29, 0.717) is 6.54 Å². The highest BCUT2D eigenvalue weighted by Gasteiger charge is 2.14. The van der Waals surface area contributed by atoms with Crippen molar-refractivity contribution in [3.63, 3.8) is 0 Å². The quantitative estimate of drug-likeness (QED) is 0.932. The molecular weight excluding hydrogens is 254 g/mol. The van der Waals surface area contributed by atoms with E-state index < -0.39 is 0 Å². The van der Waals surface area contributed by atoms with E-state index in [2.05, 4.69) is 39.5 Å². The van der Waals surface area contributed by atoms with Crippen LogP contribution in [0.4, 0.5) is 0 Å². The van der Waals surface area contributed by atoms with Crippen molar-refractivity contribution in [2.45, 2.75) is 25.9 Å². The molecule has 1 aromatic carbocycles. The van der Waals surface area contributed by atoms with Gasteiger partial charge in [0.2, 0.25) is 0 Å². The van der Waals surface area contributed by atoms with E-state index in [1.165, 1.54) is 11.1 Å². The Morgan fingerprint density at radius 3 is 2.42 bits per heavy atom. The molecule has 0 unspecified atom stereocenters. The summed E-state index contributed by atoms with van der Waals surface area (Å²) in [5, 5.41) is 3.17. The van der Waals surface area contributed by atoms with E-state index in [0.717, 1.165) is 43.2 Å². The molecule has 100 valence electrons. The largest absolute Gasteiger partial charge is 0.325 e. The minimum atomic E-state index is 0.552. The molecule has 0 bridgehead atoms. The van der Waals surface area contributed by atoms with Gasteiger partial charge in [0.05, 0.1) is 5.69 Å². The van der Waals surface area contributed by atoms with E-state index in [4.69, 9.17) is 5.73 Å². The van der Waals surface area contributed by atoms with Crippen LogP contribution in [-0.2, 0) is 25.9 Å². The average Bonchev–Trinajstić information content (AvgIpc) is 2.80. The van der Waals surface area contributed by atoms with Crippen LogP contribution in [0, 0.1) is 0 Å². The van der Waals surface area contributed by atoms with Gasteiger partial charge in [-0.2, -0.15) is 0 Å². The van der Waals surface area contributed by atoms with E-state index in [1.54, 1.807) is 11.3 Å². The molecule has 0 aliphatic carbocycles. The SMILES string of the molecule is NCc1nc(CN2CCc3ccccc3CC2)cs1. The first-order chi connectivity index (χ1) is 9.35. The Kier molecular flexibility index (Phi) is 3.92. The third kappa shape index (κ3) is 3.03. The molecule has 0 fully saturated rings. The monoisotopic (exact) mass is 273 g/mol. The summed E-state index contributed by atoms with van der Waals surface area (Å²) in [4.78, 5) is 7.05. The summed E-state index contributed by atoms with van der Waals surface area (Å²) in [6.45, 7) is 3.74. The van der Waals surface area contributed by atoms with Crippen LogP contribution in [0.2, 0.25) is 0 Å². The number of benzene rings is 1.